The summed E-state index contributed by atoms with van der Waals surface area (Å²) in [7, 11) is 0. The number of ether oxygens (including phenoxy) is 1. The Morgan fingerprint density at radius 1 is 1.14 bits per heavy atom. The Morgan fingerprint density at radius 3 is 2.41 bits per heavy atom. The van der Waals surface area contributed by atoms with E-state index in [2.05, 4.69) is 15.2 Å². The summed E-state index contributed by atoms with van der Waals surface area (Å²) in [6, 6.07) is 9.47. The van der Waals surface area contributed by atoms with Gasteiger partial charge in [0.1, 0.15) is 5.15 Å². The summed E-state index contributed by atoms with van der Waals surface area (Å²) in [5, 5.41) is 2.86. The highest BCUT2D eigenvalue weighted by Gasteiger charge is 2.23. The molecular formula is C22H26ClN3O3. The van der Waals surface area contributed by atoms with Crippen LogP contribution in [-0.4, -0.2) is 36.1 Å². The Labute approximate surface area is 176 Å². The summed E-state index contributed by atoms with van der Waals surface area (Å²) in [6.07, 6.45) is 2.73. The zero-order valence-electron chi connectivity index (χ0n) is 17.0. The molecule has 1 atom stereocenters. The van der Waals surface area contributed by atoms with E-state index in [1.165, 1.54) is 26.2 Å². The number of hydrogen-bond donors (Lipinski definition) is 1. The second-order valence-corrected chi connectivity index (χ2v) is 7.74. The molecule has 0 unspecified atom stereocenters. The molecule has 0 bridgehead atoms. The summed E-state index contributed by atoms with van der Waals surface area (Å²) in [6.45, 7) is 7.20. The Balaban J connectivity index is 1.60. The lowest BCUT2D eigenvalue weighted by Crippen LogP contribution is -2.30. The van der Waals surface area contributed by atoms with Gasteiger partial charge in [-0.25, -0.2) is 9.78 Å². The van der Waals surface area contributed by atoms with Gasteiger partial charge in [0.2, 0.25) is 0 Å². The number of pyridine rings is 1. The molecular weight excluding hydrogens is 390 g/mol. The number of aryl methyl sites for hydroxylation is 2. The number of nitrogens with one attached hydrogen (secondary N) is 1. The minimum absolute atomic E-state index is 0.0772. The van der Waals surface area contributed by atoms with Crippen LogP contribution in [-0.2, 0) is 9.53 Å². The number of piperidine rings is 1. The number of carbonyl (C=O) groups is 2. The molecule has 7 heteroatoms. The Bertz CT molecular complexity index is 870. The minimum atomic E-state index is -0.971. The van der Waals surface area contributed by atoms with Gasteiger partial charge in [0.05, 0.1) is 5.56 Å². The molecule has 1 aliphatic heterocycles. The topological polar surface area (TPSA) is 71.5 Å². The zero-order chi connectivity index (χ0) is 21.0. The largest absolute Gasteiger partial charge is 0.449 e. The van der Waals surface area contributed by atoms with E-state index < -0.39 is 18.0 Å². The molecule has 1 aromatic heterocycles. The highest BCUT2D eigenvalue weighted by atomic mass is 35.5. The van der Waals surface area contributed by atoms with E-state index in [0.29, 0.717) is 16.9 Å². The van der Waals surface area contributed by atoms with Gasteiger partial charge in [0.15, 0.2) is 6.10 Å². The van der Waals surface area contributed by atoms with Crippen LogP contribution in [0.2, 0.25) is 5.15 Å². The van der Waals surface area contributed by atoms with Crippen molar-refractivity contribution in [2.75, 3.05) is 23.3 Å². The third kappa shape index (κ3) is 5.26. The van der Waals surface area contributed by atoms with Gasteiger partial charge in [-0.15, -0.1) is 0 Å². The molecule has 1 saturated heterocycles. The van der Waals surface area contributed by atoms with Crippen molar-refractivity contribution in [3.63, 3.8) is 0 Å². The molecule has 29 heavy (non-hydrogen) atoms. The monoisotopic (exact) mass is 415 g/mol. The summed E-state index contributed by atoms with van der Waals surface area (Å²) in [5.74, 6) is -1.07. The number of amides is 1. The molecule has 0 saturated carbocycles. The van der Waals surface area contributed by atoms with Crippen LogP contribution in [0.4, 0.5) is 11.4 Å². The smallest absolute Gasteiger partial charge is 0.342 e. The standard InChI is InChI=1S/C22H26ClN3O3/c1-14-13-15(2)24-20(23)19(14)22(28)29-16(3)21(27)25-17-7-9-18(10-8-17)26-11-5-4-6-12-26/h7-10,13,16H,4-6,11-12H2,1-3H3,(H,25,27)/t16-/m0/s1. The van der Waals surface area contributed by atoms with Gasteiger partial charge in [-0.1, -0.05) is 11.6 Å². The number of benzene rings is 1. The lowest BCUT2D eigenvalue weighted by Gasteiger charge is -2.28. The maximum atomic E-state index is 12.5. The van der Waals surface area contributed by atoms with Crippen molar-refractivity contribution < 1.29 is 14.3 Å². The van der Waals surface area contributed by atoms with Crippen LogP contribution in [0.15, 0.2) is 30.3 Å². The number of nitrogens with zero attached hydrogens (tertiary/aromatic N) is 2. The number of carbonyl (C=O) groups excluding carboxylic acids is 2. The van der Waals surface area contributed by atoms with E-state index in [0.717, 1.165) is 18.8 Å². The Morgan fingerprint density at radius 2 is 1.79 bits per heavy atom. The number of hydrogen-bond acceptors (Lipinski definition) is 5. The van der Waals surface area contributed by atoms with Gasteiger partial charge in [-0.3, -0.25) is 4.79 Å². The van der Waals surface area contributed by atoms with E-state index in [4.69, 9.17) is 16.3 Å². The SMILES string of the molecule is Cc1cc(C)c(C(=O)O[C@@H](C)C(=O)Nc2ccc(N3CCCCC3)cc2)c(Cl)n1. The van der Waals surface area contributed by atoms with Crippen molar-refractivity contribution in [3.05, 3.63) is 52.3 Å². The molecule has 6 nitrogen and oxygen atoms in total. The van der Waals surface area contributed by atoms with E-state index in [1.807, 2.05) is 24.3 Å². The van der Waals surface area contributed by atoms with Crippen molar-refractivity contribution in [2.45, 2.75) is 46.1 Å². The van der Waals surface area contributed by atoms with Crippen LogP contribution < -0.4 is 10.2 Å². The Kier molecular flexibility index (Phi) is 6.75. The average Bonchev–Trinajstić information content (AvgIpc) is 2.68. The predicted molar refractivity (Wildman–Crippen MR) is 115 cm³/mol. The average molecular weight is 416 g/mol. The molecule has 0 spiro atoms. The molecule has 0 aliphatic carbocycles. The van der Waals surface area contributed by atoms with Gasteiger partial charge < -0.3 is 15.0 Å². The minimum Gasteiger partial charge on any atom is -0.449 e. The van der Waals surface area contributed by atoms with Crippen LogP contribution in [0.25, 0.3) is 0 Å². The first-order valence-corrected chi connectivity index (χ1v) is 10.2. The summed E-state index contributed by atoms with van der Waals surface area (Å²) in [4.78, 5) is 31.3. The van der Waals surface area contributed by atoms with Crippen LogP contribution >= 0.6 is 11.6 Å². The van der Waals surface area contributed by atoms with E-state index in [9.17, 15) is 9.59 Å². The van der Waals surface area contributed by atoms with Crippen molar-refractivity contribution in [1.82, 2.24) is 4.98 Å². The van der Waals surface area contributed by atoms with Crippen molar-refractivity contribution >= 4 is 34.9 Å². The van der Waals surface area contributed by atoms with Crippen LogP contribution in [0, 0.1) is 13.8 Å². The lowest BCUT2D eigenvalue weighted by molar-refractivity contribution is -0.123. The van der Waals surface area contributed by atoms with E-state index >= 15 is 0 Å². The number of aromatic nitrogens is 1. The van der Waals surface area contributed by atoms with Crippen LogP contribution in [0.3, 0.4) is 0 Å². The summed E-state index contributed by atoms with van der Waals surface area (Å²) >= 11 is 6.08. The second kappa shape index (κ2) is 9.27. The molecule has 1 aromatic carbocycles. The molecule has 154 valence electrons. The molecule has 2 aromatic rings. The van der Waals surface area contributed by atoms with Crippen LogP contribution in [0.1, 0.15) is 47.8 Å². The van der Waals surface area contributed by atoms with Gasteiger partial charge in [0, 0.05) is 30.2 Å². The van der Waals surface area contributed by atoms with Gasteiger partial charge >= 0.3 is 5.97 Å². The molecule has 0 radical (unpaired) electrons. The highest BCUT2D eigenvalue weighted by Crippen LogP contribution is 2.23. The highest BCUT2D eigenvalue weighted by molar-refractivity contribution is 6.32. The molecule has 2 heterocycles. The number of esters is 1. The molecule has 1 amide bonds. The molecule has 1 N–H and O–H groups in total. The summed E-state index contributed by atoms with van der Waals surface area (Å²) < 4.78 is 5.31. The predicted octanol–water partition coefficient (Wildman–Crippen LogP) is 4.53. The fourth-order valence-corrected chi connectivity index (χ4v) is 3.82. The van der Waals surface area contributed by atoms with E-state index in [1.54, 1.807) is 19.9 Å². The molecule has 3 rings (SSSR count). The molecule has 1 aliphatic rings. The van der Waals surface area contributed by atoms with Crippen molar-refractivity contribution in [2.24, 2.45) is 0 Å². The molecule has 1 fully saturated rings. The first-order valence-electron chi connectivity index (χ1n) is 9.86. The first-order chi connectivity index (χ1) is 13.8. The quantitative estimate of drug-likeness (QED) is 0.574. The second-order valence-electron chi connectivity index (χ2n) is 7.38. The Hall–Kier alpha value is -2.60. The van der Waals surface area contributed by atoms with Gasteiger partial charge in [0.25, 0.3) is 5.91 Å². The van der Waals surface area contributed by atoms with Gasteiger partial charge in [-0.2, -0.15) is 0 Å². The third-order valence-corrected chi connectivity index (χ3v) is 5.29. The summed E-state index contributed by atoms with van der Waals surface area (Å²) in [5.41, 5.74) is 3.36. The lowest BCUT2D eigenvalue weighted by atomic mass is 10.1. The first kappa shape index (κ1) is 21.1. The fourth-order valence-electron chi connectivity index (χ4n) is 3.46. The normalized spacial score (nSPS) is 15.0. The van der Waals surface area contributed by atoms with E-state index in [-0.39, 0.29) is 10.7 Å². The number of halogens is 1. The number of anilines is 2. The number of rotatable bonds is 5. The van der Waals surface area contributed by atoms with Gasteiger partial charge in [-0.05, 0) is 75.9 Å². The van der Waals surface area contributed by atoms with Crippen molar-refractivity contribution in [1.29, 1.82) is 0 Å². The fraction of sp³-hybridized carbons (Fsp3) is 0.409. The maximum Gasteiger partial charge on any atom is 0.342 e. The zero-order valence-corrected chi connectivity index (χ0v) is 17.8. The third-order valence-electron chi connectivity index (χ3n) is 5.01. The van der Waals surface area contributed by atoms with Crippen molar-refractivity contribution in [3.8, 4) is 0 Å². The maximum absolute atomic E-state index is 12.5. The van der Waals surface area contributed by atoms with Crippen LogP contribution in [0.5, 0.6) is 0 Å².